The van der Waals surface area contributed by atoms with Crippen LogP contribution < -0.4 is 4.74 Å². The molecule has 0 bridgehead atoms. The summed E-state index contributed by atoms with van der Waals surface area (Å²) in [6.07, 6.45) is 0.249. The van der Waals surface area contributed by atoms with E-state index < -0.39 is 0 Å². The third-order valence-corrected chi connectivity index (χ3v) is 2.45. The zero-order valence-electron chi connectivity index (χ0n) is 8.41. The molecule has 0 aliphatic rings. The molecule has 1 rings (SSSR count). The number of ether oxygens (including phenoxy) is 1. The zero-order valence-corrected chi connectivity index (χ0v) is 9.23. The molecule has 2 heteroatoms. The number of para-hydroxylation sites is 1. The first-order valence-corrected chi connectivity index (χ1v) is 5.61. The number of rotatable bonds is 4. The molecule has 0 saturated carbocycles. The fraction of sp³-hybridized carbons (Fsp3) is 0.455. The zero-order chi connectivity index (χ0) is 9.68. The van der Waals surface area contributed by atoms with Crippen molar-refractivity contribution in [3.05, 3.63) is 24.3 Å². The summed E-state index contributed by atoms with van der Waals surface area (Å²) in [5.41, 5.74) is 0. The molecule has 0 fully saturated rings. The van der Waals surface area contributed by atoms with Crippen LogP contribution in [0.25, 0.3) is 0 Å². The Kier molecular flexibility index (Phi) is 4.16. The Hall–Kier alpha value is -0.630. The molecule has 0 aliphatic heterocycles. The summed E-state index contributed by atoms with van der Waals surface area (Å²) < 4.78 is 5.68. The van der Waals surface area contributed by atoms with Crippen molar-refractivity contribution in [2.75, 3.05) is 5.75 Å². The van der Waals surface area contributed by atoms with Crippen LogP contribution in [0.2, 0.25) is 0 Å². The lowest BCUT2D eigenvalue weighted by Gasteiger charge is -2.12. The maximum absolute atomic E-state index is 5.68. The molecule has 0 unspecified atom stereocenters. The highest BCUT2D eigenvalue weighted by Gasteiger charge is 2.03. The fourth-order valence-electron chi connectivity index (χ4n) is 1.08. The first-order chi connectivity index (χ1) is 6.24. The van der Waals surface area contributed by atoms with Gasteiger partial charge in [-0.25, -0.2) is 0 Å². The van der Waals surface area contributed by atoms with E-state index >= 15 is 0 Å². The Balaban J connectivity index is 2.78. The van der Waals surface area contributed by atoms with Crippen molar-refractivity contribution in [1.82, 2.24) is 0 Å². The van der Waals surface area contributed by atoms with E-state index in [1.54, 1.807) is 0 Å². The lowest BCUT2D eigenvalue weighted by Crippen LogP contribution is -2.06. The van der Waals surface area contributed by atoms with Gasteiger partial charge in [-0.1, -0.05) is 19.1 Å². The average molecular weight is 196 g/mol. The summed E-state index contributed by atoms with van der Waals surface area (Å²) in [5.74, 6) is 2.09. The molecule has 0 spiro atoms. The largest absolute Gasteiger partial charge is 0.490 e. The van der Waals surface area contributed by atoms with Crippen LogP contribution in [0.1, 0.15) is 20.8 Å². The minimum absolute atomic E-state index is 0.249. The first kappa shape index (κ1) is 10.5. The van der Waals surface area contributed by atoms with Gasteiger partial charge in [-0.15, -0.1) is 11.8 Å². The van der Waals surface area contributed by atoms with Crippen molar-refractivity contribution in [3.8, 4) is 5.75 Å². The lowest BCUT2D eigenvalue weighted by atomic mass is 10.3. The van der Waals surface area contributed by atoms with Gasteiger partial charge in [-0.05, 0) is 31.7 Å². The van der Waals surface area contributed by atoms with E-state index in [2.05, 4.69) is 13.0 Å². The highest BCUT2D eigenvalue weighted by molar-refractivity contribution is 7.99. The van der Waals surface area contributed by atoms with Crippen LogP contribution in [-0.2, 0) is 0 Å². The maximum atomic E-state index is 5.68. The Bertz CT molecular complexity index is 258. The van der Waals surface area contributed by atoms with Gasteiger partial charge in [0.25, 0.3) is 0 Å². The van der Waals surface area contributed by atoms with Gasteiger partial charge in [0.15, 0.2) is 0 Å². The average Bonchev–Trinajstić information content (AvgIpc) is 2.08. The summed E-state index contributed by atoms with van der Waals surface area (Å²) in [4.78, 5) is 1.23. The summed E-state index contributed by atoms with van der Waals surface area (Å²) >= 11 is 1.82. The minimum atomic E-state index is 0.249. The molecule has 72 valence electrons. The molecule has 0 heterocycles. The first-order valence-electron chi connectivity index (χ1n) is 4.62. The van der Waals surface area contributed by atoms with Crippen molar-refractivity contribution >= 4 is 11.8 Å². The Morgan fingerprint density at radius 3 is 2.62 bits per heavy atom. The normalized spacial score (nSPS) is 10.5. The van der Waals surface area contributed by atoms with Gasteiger partial charge in [0, 0.05) is 4.90 Å². The quantitative estimate of drug-likeness (QED) is 0.681. The van der Waals surface area contributed by atoms with Crippen LogP contribution in [0.5, 0.6) is 5.75 Å². The second-order valence-electron chi connectivity index (χ2n) is 3.05. The van der Waals surface area contributed by atoms with Gasteiger partial charge in [0.05, 0.1) is 6.10 Å². The minimum Gasteiger partial charge on any atom is -0.490 e. The molecular formula is C11H16OS. The third kappa shape index (κ3) is 3.31. The van der Waals surface area contributed by atoms with Gasteiger partial charge in [-0.2, -0.15) is 0 Å². The van der Waals surface area contributed by atoms with Gasteiger partial charge in [-0.3, -0.25) is 0 Å². The van der Waals surface area contributed by atoms with Gasteiger partial charge < -0.3 is 4.74 Å². The topological polar surface area (TPSA) is 9.23 Å². The van der Waals surface area contributed by atoms with Crippen LogP contribution in [-0.4, -0.2) is 11.9 Å². The molecular weight excluding hydrogens is 180 g/mol. The molecule has 0 atom stereocenters. The van der Waals surface area contributed by atoms with Gasteiger partial charge in [0.2, 0.25) is 0 Å². The molecule has 0 saturated heterocycles. The van der Waals surface area contributed by atoms with E-state index in [1.165, 1.54) is 4.90 Å². The molecule has 0 aromatic heterocycles. The van der Waals surface area contributed by atoms with Crippen LogP contribution in [0.3, 0.4) is 0 Å². The van der Waals surface area contributed by atoms with Crippen LogP contribution in [0, 0.1) is 0 Å². The Labute approximate surface area is 84.5 Å². The van der Waals surface area contributed by atoms with E-state index in [4.69, 9.17) is 4.74 Å². The van der Waals surface area contributed by atoms with Gasteiger partial charge in [0.1, 0.15) is 5.75 Å². The van der Waals surface area contributed by atoms with Crippen molar-refractivity contribution < 1.29 is 4.74 Å². The van der Waals surface area contributed by atoms with Crippen molar-refractivity contribution in [3.63, 3.8) is 0 Å². The number of hydrogen-bond donors (Lipinski definition) is 0. The molecule has 0 aliphatic carbocycles. The Morgan fingerprint density at radius 1 is 1.31 bits per heavy atom. The third-order valence-electron chi connectivity index (χ3n) is 1.51. The maximum Gasteiger partial charge on any atom is 0.133 e. The van der Waals surface area contributed by atoms with Crippen molar-refractivity contribution in [2.24, 2.45) is 0 Å². The summed E-state index contributed by atoms with van der Waals surface area (Å²) in [5, 5.41) is 0. The monoisotopic (exact) mass is 196 g/mol. The smallest absolute Gasteiger partial charge is 0.133 e. The van der Waals surface area contributed by atoms with E-state index in [0.717, 1.165) is 11.5 Å². The second-order valence-corrected chi connectivity index (χ2v) is 4.35. The number of thioether (sulfide) groups is 1. The highest BCUT2D eigenvalue weighted by atomic mass is 32.2. The predicted molar refractivity (Wildman–Crippen MR) is 58.6 cm³/mol. The summed E-state index contributed by atoms with van der Waals surface area (Å²) in [7, 11) is 0. The Morgan fingerprint density at radius 2 is 2.00 bits per heavy atom. The molecule has 0 N–H and O–H groups in total. The standard InChI is InChI=1S/C11H16OS/c1-4-13-11-8-6-5-7-10(11)12-9(2)3/h5-9H,4H2,1-3H3. The van der Waals surface area contributed by atoms with Crippen LogP contribution >= 0.6 is 11.8 Å². The predicted octanol–water partition coefficient (Wildman–Crippen LogP) is 3.59. The number of benzene rings is 1. The molecule has 13 heavy (non-hydrogen) atoms. The second kappa shape index (κ2) is 5.18. The van der Waals surface area contributed by atoms with Gasteiger partial charge >= 0.3 is 0 Å². The van der Waals surface area contributed by atoms with E-state index in [1.807, 2.05) is 43.8 Å². The van der Waals surface area contributed by atoms with Crippen LogP contribution in [0.4, 0.5) is 0 Å². The van der Waals surface area contributed by atoms with E-state index in [-0.39, 0.29) is 6.10 Å². The molecule has 1 nitrogen and oxygen atoms in total. The highest BCUT2D eigenvalue weighted by Crippen LogP contribution is 2.29. The SMILES string of the molecule is CCSc1ccccc1OC(C)C. The molecule has 0 radical (unpaired) electrons. The van der Waals surface area contributed by atoms with Crippen molar-refractivity contribution in [1.29, 1.82) is 0 Å². The van der Waals surface area contributed by atoms with E-state index in [0.29, 0.717) is 0 Å². The molecule has 0 amide bonds. The number of hydrogen-bond acceptors (Lipinski definition) is 2. The lowest BCUT2D eigenvalue weighted by molar-refractivity contribution is 0.236. The summed E-state index contributed by atoms with van der Waals surface area (Å²) in [6, 6.07) is 8.19. The van der Waals surface area contributed by atoms with Crippen molar-refractivity contribution in [2.45, 2.75) is 31.8 Å². The van der Waals surface area contributed by atoms with E-state index in [9.17, 15) is 0 Å². The summed E-state index contributed by atoms with van der Waals surface area (Å²) in [6.45, 7) is 6.25. The fourth-order valence-corrected chi connectivity index (χ4v) is 1.82. The van der Waals surface area contributed by atoms with Crippen LogP contribution in [0.15, 0.2) is 29.2 Å². The molecule has 1 aromatic rings. The molecule has 1 aromatic carbocycles.